The Morgan fingerprint density at radius 3 is 1.76 bits per heavy atom. The van der Waals surface area contributed by atoms with Gasteiger partial charge in [0.25, 0.3) is 0 Å². The van der Waals surface area contributed by atoms with Crippen molar-refractivity contribution in [3.63, 3.8) is 0 Å². The van der Waals surface area contributed by atoms with E-state index in [1.54, 1.807) is 32.2 Å². The molecule has 192 valence electrons. The van der Waals surface area contributed by atoms with E-state index < -0.39 is 35.8 Å². The van der Waals surface area contributed by atoms with Crippen LogP contribution in [0.3, 0.4) is 0 Å². The highest BCUT2D eigenvalue weighted by Gasteiger charge is 2.46. The number of carbonyl (C=O) groups is 3. The van der Waals surface area contributed by atoms with E-state index in [-0.39, 0.29) is 13.2 Å². The Hall–Kier alpha value is -4.33. The van der Waals surface area contributed by atoms with Crippen LogP contribution in [0.2, 0.25) is 0 Å². The molecule has 0 N–H and O–H groups in total. The fourth-order valence-electron chi connectivity index (χ4n) is 4.03. The molecule has 2 aromatic carbocycles. The van der Waals surface area contributed by atoms with Crippen LogP contribution in [-0.4, -0.2) is 55.0 Å². The summed E-state index contributed by atoms with van der Waals surface area (Å²) in [5.74, 6) is -4.96. The first-order chi connectivity index (χ1) is 18.0. The number of aromatic nitrogens is 1. The zero-order valence-electron chi connectivity index (χ0n) is 21.1. The summed E-state index contributed by atoms with van der Waals surface area (Å²) in [4.78, 5) is 48.7. The molecule has 3 rings (SSSR count). The Labute approximate surface area is 216 Å². The van der Waals surface area contributed by atoms with E-state index in [9.17, 15) is 14.4 Å². The molecule has 0 spiro atoms. The highest BCUT2D eigenvalue weighted by atomic mass is 16.6. The number of pyridine rings is 1. The summed E-state index contributed by atoms with van der Waals surface area (Å²) >= 11 is 0. The number of benzene rings is 2. The van der Waals surface area contributed by atoms with Crippen LogP contribution in [0.5, 0.6) is 0 Å². The molecule has 37 heavy (non-hydrogen) atoms. The van der Waals surface area contributed by atoms with Gasteiger partial charge in [-0.25, -0.2) is 4.79 Å². The molecule has 0 radical (unpaired) electrons. The Morgan fingerprint density at radius 1 is 0.784 bits per heavy atom. The van der Waals surface area contributed by atoms with Gasteiger partial charge in [0.05, 0.1) is 26.0 Å². The van der Waals surface area contributed by atoms with Crippen LogP contribution in [0.25, 0.3) is 0 Å². The van der Waals surface area contributed by atoms with Crippen LogP contribution in [0.4, 0.5) is 0 Å². The molecule has 8 nitrogen and oxygen atoms in total. The van der Waals surface area contributed by atoms with E-state index in [1.807, 2.05) is 60.7 Å². The smallest absolute Gasteiger partial charge is 0.331 e. The van der Waals surface area contributed by atoms with Gasteiger partial charge in [-0.3, -0.25) is 19.6 Å². The third-order valence-electron chi connectivity index (χ3n) is 5.65. The normalized spacial score (nSPS) is 12.2. The third-order valence-corrected chi connectivity index (χ3v) is 5.65. The number of rotatable bonds is 11. The minimum atomic E-state index is -1.48. The average Bonchev–Trinajstić information content (AvgIpc) is 2.94. The average molecular weight is 503 g/mol. The van der Waals surface area contributed by atoms with Crippen molar-refractivity contribution < 1.29 is 28.6 Å². The molecule has 0 aliphatic rings. The number of esters is 3. The number of aliphatic imine (C=N–C) groups is 1. The van der Waals surface area contributed by atoms with Crippen molar-refractivity contribution in [2.45, 2.75) is 25.8 Å². The second-order valence-electron chi connectivity index (χ2n) is 7.97. The van der Waals surface area contributed by atoms with E-state index in [0.717, 1.165) is 11.1 Å². The zero-order valence-corrected chi connectivity index (χ0v) is 21.1. The van der Waals surface area contributed by atoms with Gasteiger partial charge in [0, 0.05) is 29.4 Å². The molecule has 3 aromatic rings. The van der Waals surface area contributed by atoms with Crippen molar-refractivity contribution in [3.05, 3.63) is 102 Å². The lowest BCUT2D eigenvalue weighted by atomic mass is 9.80. The van der Waals surface area contributed by atoms with Gasteiger partial charge < -0.3 is 14.2 Å². The molecule has 0 saturated heterocycles. The molecule has 1 heterocycles. The Morgan fingerprint density at radius 2 is 1.32 bits per heavy atom. The summed E-state index contributed by atoms with van der Waals surface area (Å²) in [7, 11) is 1.24. The van der Waals surface area contributed by atoms with Crippen molar-refractivity contribution in [1.29, 1.82) is 0 Å². The Bertz CT molecular complexity index is 1140. The van der Waals surface area contributed by atoms with Gasteiger partial charge >= 0.3 is 17.9 Å². The van der Waals surface area contributed by atoms with Gasteiger partial charge in [-0.2, -0.15) is 0 Å². The number of methoxy groups -OCH3 is 1. The summed E-state index contributed by atoms with van der Waals surface area (Å²) in [5.41, 5.74) is 2.43. The molecule has 1 aromatic heterocycles. The van der Waals surface area contributed by atoms with Gasteiger partial charge in [-0.05, 0) is 25.5 Å². The van der Waals surface area contributed by atoms with E-state index >= 15 is 0 Å². The maximum absolute atomic E-state index is 13.3. The van der Waals surface area contributed by atoms with Crippen LogP contribution < -0.4 is 0 Å². The number of hydrogen-bond acceptors (Lipinski definition) is 8. The second kappa shape index (κ2) is 13.7. The molecule has 2 atom stereocenters. The van der Waals surface area contributed by atoms with E-state index in [2.05, 4.69) is 4.98 Å². The molecular weight excluding hydrogens is 472 g/mol. The molecule has 0 aliphatic carbocycles. The molecular formula is C29H30N2O6. The highest BCUT2D eigenvalue weighted by molar-refractivity contribution is 6.13. The molecule has 0 fully saturated rings. The van der Waals surface area contributed by atoms with Crippen molar-refractivity contribution in [2.24, 2.45) is 10.9 Å². The van der Waals surface area contributed by atoms with Crippen LogP contribution in [0, 0.1) is 5.92 Å². The number of ether oxygens (including phenoxy) is 3. The molecule has 0 bridgehead atoms. The summed E-state index contributed by atoms with van der Waals surface area (Å²) in [6.07, 6.45) is 3.05. The lowest BCUT2D eigenvalue weighted by Gasteiger charge is -2.28. The van der Waals surface area contributed by atoms with Gasteiger partial charge in [-0.1, -0.05) is 66.7 Å². The maximum atomic E-state index is 13.3. The van der Waals surface area contributed by atoms with E-state index in [4.69, 9.17) is 19.2 Å². The summed E-state index contributed by atoms with van der Waals surface area (Å²) < 4.78 is 15.6. The first kappa shape index (κ1) is 27.3. The number of nitrogens with zero attached hydrogens (tertiary/aromatic N) is 2. The molecule has 0 saturated carbocycles. The third kappa shape index (κ3) is 6.88. The second-order valence-corrected chi connectivity index (χ2v) is 7.97. The predicted octanol–water partition coefficient (Wildman–Crippen LogP) is 3.99. The molecule has 0 amide bonds. The minimum Gasteiger partial charge on any atom is -0.467 e. The van der Waals surface area contributed by atoms with Crippen LogP contribution in [0.1, 0.15) is 36.5 Å². The van der Waals surface area contributed by atoms with Gasteiger partial charge in [0.2, 0.25) is 0 Å². The fourth-order valence-corrected chi connectivity index (χ4v) is 4.03. The number of hydrogen-bond donors (Lipinski definition) is 0. The summed E-state index contributed by atoms with van der Waals surface area (Å²) in [6, 6.07) is 20.7. The Balaban J connectivity index is 2.30. The van der Waals surface area contributed by atoms with E-state index in [1.165, 1.54) is 13.3 Å². The van der Waals surface area contributed by atoms with Crippen LogP contribution >= 0.6 is 0 Å². The minimum absolute atomic E-state index is 0.0416. The first-order valence-electron chi connectivity index (χ1n) is 12.0. The molecule has 0 aliphatic heterocycles. The highest BCUT2D eigenvalue weighted by Crippen LogP contribution is 2.34. The van der Waals surface area contributed by atoms with Gasteiger partial charge in [0.1, 0.15) is 0 Å². The van der Waals surface area contributed by atoms with Crippen LogP contribution in [-0.2, 0) is 28.6 Å². The Kier molecular flexibility index (Phi) is 10.1. The van der Waals surface area contributed by atoms with Crippen LogP contribution in [0.15, 0.2) is 90.2 Å². The number of carbonyl (C=O) groups excluding carboxylic acids is 3. The lowest BCUT2D eigenvalue weighted by molar-refractivity contribution is -0.163. The van der Waals surface area contributed by atoms with Gasteiger partial charge in [-0.15, -0.1) is 0 Å². The first-order valence-corrected chi connectivity index (χ1v) is 12.0. The largest absolute Gasteiger partial charge is 0.467 e. The van der Waals surface area contributed by atoms with E-state index in [0.29, 0.717) is 11.3 Å². The molecule has 8 heteroatoms. The predicted molar refractivity (Wildman–Crippen MR) is 138 cm³/mol. The van der Waals surface area contributed by atoms with Gasteiger partial charge in [0.15, 0.2) is 12.0 Å². The monoisotopic (exact) mass is 502 g/mol. The SMILES string of the molecule is CCOC(=O)C(C(=O)OCC)[C@H](c1cccnc1)[C@H](N=C(c1ccccc1)c1ccccc1)C(=O)OC. The summed E-state index contributed by atoms with van der Waals surface area (Å²) in [6.45, 7) is 3.36. The van der Waals surface area contributed by atoms with Crippen molar-refractivity contribution in [2.75, 3.05) is 20.3 Å². The van der Waals surface area contributed by atoms with Crippen molar-refractivity contribution >= 4 is 23.6 Å². The quantitative estimate of drug-likeness (QED) is 0.169. The topological polar surface area (TPSA) is 104 Å². The standard InChI is InChI=1S/C29H30N2O6/c1-4-36-27(32)24(28(33)37-5-2)23(22-17-12-18-30-19-22)26(29(34)35-3)31-25(20-13-8-6-9-14-20)21-15-10-7-11-16-21/h6-19,23-24,26H,4-5H2,1-3H3/t23-,26-/m0/s1. The lowest BCUT2D eigenvalue weighted by Crippen LogP contribution is -2.42. The maximum Gasteiger partial charge on any atom is 0.331 e. The summed E-state index contributed by atoms with van der Waals surface area (Å²) in [5, 5.41) is 0. The fraction of sp³-hybridized carbons (Fsp3) is 0.276. The zero-order chi connectivity index (χ0) is 26.6. The molecule has 0 unspecified atom stereocenters. The van der Waals surface area contributed by atoms with Crippen molar-refractivity contribution in [1.82, 2.24) is 4.98 Å². The van der Waals surface area contributed by atoms with Crippen molar-refractivity contribution in [3.8, 4) is 0 Å².